The molecule has 0 aliphatic carbocycles. The minimum atomic E-state index is -0.00975. The maximum atomic E-state index is 6.10. The lowest BCUT2D eigenvalue weighted by atomic mass is 9.90. The first-order valence-corrected chi connectivity index (χ1v) is 6.91. The van der Waals surface area contributed by atoms with Gasteiger partial charge in [-0.15, -0.1) is 0 Å². The standard InChI is InChI=1S/C14H18ClNO2/c15-12-4-1-2-5-13(12)18-11-8-14(17-9-11)6-3-7-16-10-14/h1-2,4-5,11,16H,3,6-10H2/t11-,14+/m1/s1. The van der Waals surface area contributed by atoms with Gasteiger partial charge in [-0.3, -0.25) is 0 Å². The van der Waals surface area contributed by atoms with Gasteiger partial charge in [0.1, 0.15) is 11.9 Å². The van der Waals surface area contributed by atoms with E-state index in [1.165, 1.54) is 6.42 Å². The van der Waals surface area contributed by atoms with Crippen LogP contribution in [0.5, 0.6) is 5.75 Å². The lowest BCUT2D eigenvalue weighted by Gasteiger charge is -2.32. The summed E-state index contributed by atoms with van der Waals surface area (Å²) in [5, 5.41) is 4.07. The molecule has 18 heavy (non-hydrogen) atoms. The van der Waals surface area contributed by atoms with Crippen LogP contribution in [0.25, 0.3) is 0 Å². The molecule has 2 atom stereocenters. The van der Waals surface area contributed by atoms with Crippen LogP contribution >= 0.6 is 11.6 Å². The van der Waals surface area contributed by atoms with Crippen molar-refractivity contribution in [2.45, 2.75) is 31.0 Å². The van der Waals surface area contributed by atoms with Crippen molar-refractivity contribution in [3.63, 3.8) is 0 Å². The molecule has 0 amide bonds. The second-order valence-electron chi connectivity index (χ2n) is 5.15. The van der Waals surface area contributed by atoms with E-state index in [0.717, 1.165) is 31.7 Å². The van der Waals surface area contributed by atoms with Gasteiger partial charge < -0.3 is 14.8 Å². The van der Waals surface area contributed by atoms with Crippen LogP contribution in [-0.2, 0) is 4.74 Å². The summed E-state index contributed by atoms with van der Waals surface area (Å²) < 4.78 is 11.9. The Morgan fingerprint density at radius 1 is 1.39 bits per heavy atom. The van der Waals surface area contributed by atoms with Gasteiger partial charge in [0.05, 0.1) is 17.2 Å². The van der Waals surface area contributed by atoms with Gasteiger partial charge in [0.15, 0.2) is 0 Å². The molecule has 2 aliphatic rings. The molecule has 0 radical (unpaired) electrons. The fourth-order valence-electron chi connectivity index (χ4n) is 2.84. The quantitative estimate of drug-likeness (QED) is 0.894. The van der Waals surface area contributed by atoms with E-state index in [-0.39, 0.29) is 11.7 Å². The van der Waals surface area contributed by atoms with Crippen molar-refractivity contribution in [3.8, 4) is 5.75 Å². The maximum absolute atomic E-state index is 6.10. The van der Waals surface area contributed by atoms with Gasteiger partial charge in [-0.05, 0) is 31.5 Å². The number of piperidine rings is 1. The van der Waals surface area contributed by atoms with Gasteiger partial charge in [0, 0.05) is 13.0 Å². The van der Waals surface area contributed by atoms with Crippen molar-refractivity contribution in [1.29, 1.82) is 0 Å². The summed E-state index contributed by atoms with van der Waals surface area (Å²) in [5.41, 5.74) is -0.00975. The first kappa shape index (κ1) is 12.3. The smallest absolute Gasteiger partial charge is 0.138 e. The fourth-order valence-corrected chi connectivity index (χ4v) is 3.02. The predicted molar refractivity (Wildman–Crippen MR) is 71.3 cm³/mol. The SMILES string of the molecule is Clc1ccccc1O[C@H]1CO[C@@]2(CCCNC2)C1. The first-order valence-electron chi connectivity index (χ1n) is 6.53. The number of hydrogen-bond donors (Lipinski definition) is 1. The zero-order valence-electron chi connectivity index (χ0n) is 10.3. The Morgan fingerprint density at radius 2 is 2.28 bits per heavy atom. The number of benzene rings is 1. The Balaban J connectivity index is 1.64. The number of para-hydroxylation sites is 1. The third-order valence-corrected chi connectivity index (χ3v) is 4.05. The van der Waals surface area contributed by atoms with Gasteiger partial charge in [-0.1, -0.05) is 23.7 Å². The molecule has 2 fully saturated rings. The summed E-state index contributed by atoms with van der Waals surface area (Å²) >= 11 is 6.10. The molecule has 0 bridgehead atoms. The highest BCUT2D eigenvalue weighted by atomic mass is 35.5. The predicted octanol–water partition coefficient (Wildman–Crippen LogP) is 2.63. The van der Waals surface area contributed by atoms with Crippen molar-refractivity contribution in [2.75, 3.05) is 19.7 Å². The molecule has 0 unspecified atom stereocenters. The topological polar surface area (TPSA) is 30.5 Å². The summed E-state index contributed by atoms with van der Waals surface area (Å²) in [4.78, 5) is 0. The van der Waals surface area contributed by atoms with Crippen LogP contribution in [0.3, 0.4) is 0 Å². The van der Waals surface area contributed by atoms with Gasteiger partial charge in [0.25, 0.3) is 0 Å². The normalized spacial score (nSPS) is 31.7. The zero-order valence-corrected chi connectivity index (χ0v) is 11.1. The maximum Gasteiger partial charge on any atom is 0.138 e. The van der Waals surface area contributed by atoms with E-state index in [1.807, 2.05) is 24.3 Å². The average Bonchev–Trinajstić information content (AvgIpc) is 2.76. The summed E-state index contributed by atoms with van der Waals surface area (Å²) in [6.07, 6.45) is 3.37. The second kappa shape index (κ2) is 5.08. The summed E-state index contributed by atoms with van der Waals surface area (Å²) in [5.74, 6) is 0.758. The lowest BCUT2D eigenvalue weighted by Crippen LogP contribution is -2.45. The number of nitrogens with one attached hydrogen (secondary N) is 1. The van der Waals surface area contributed by atoms with E-state index in [1.54, 1.807) is 0 Å². The van der Waals surface area contributed by atoms with Crippen LogP contribution in [0.15, 0.2) is 24.3 Å². The molecule has 1 aromatic carbocycles. The molecule has 2 heterocycles. The molecule has 0 saturated carbocycles. The van der Waals surface area contributed by atoms with Crippen LogP contribution in [0.4, 0.5) is 0 Å². The molecule has 2 saturated heterocycles. The number of ether oxygens (including phenoxy) is 2. The van der Waals surface area contributed by atoms with Crippen LogP contribution in [0.1, 0.15) is 19.3 Å². The number of halogens is 1. The minimum absolute atomic E-state index is 0.00975. The first-order chi connectivity index (χ1) is 8.77. The van der Waals surface area contributed by atoms with E-state index >= 15 is 0 Å². The molecule has 0 aromatic heterocycles. The van der Waals surface area contributed by atoms with Crippen LogP contribution < -0.4 is 10.1 Å². The third-order valence-electron chi connectivity index (χ3n) is 3.74. The Hall–Kier alpha value is -0.770. The summed E-state index contributed by atoms with van der Waals surface area (Å²) in [7, 11) is 0. The van der Waals surface area contributed by atoms with E-state index < -0.39 is 0 Å². The van der Waals surface area contributed by atoms with Crippen LogP contribution in [0, 0.1) is 0 Å². The highest BCUT2D eigenvalue weighted by Gasteiger charge is 2.42. The number of rotatable bonds is 2. The van der Waals surface area contributed by atoms with Gasteiger partial charge >= 0.3 is 0 Å². The highest BCUT2D eigenvalue weighted by molar-refractivity contribution is 6.32. The van der Waals surface area contributed by atoms with Gasteiger partial charge in [0.2, 0.25) is 0 Å². The highest BCUT2D eigenvalue weighted by Crippen LogP contribution is 2.35. The van der Waals surface area contributed by atoms with Gasteiger partial charge in [-0.25, -0.2) is 0 Å². The Morgan fingerprint density at radius 3 is 3.06 bits per heavy atom. The molecule has 1 N–H and O–H groups in total. The van der Waals surface area contributed by atoms with Crippen molar-refractivity contribution >= 4 is 11.6 Å². The fraction of sp³-hybridized carbons (Fsp3) is 0.571. The Labute approximate surface area is 112 Å². The molecular formula is C14H18ClNO2. The average molecular weight is 268 g/mol. The van der Waals surface area contributed by atoms with Crippen LogP contribution in [-0.4, -0.2) is 31.4 Å². The molecular weight excluding hydrogens is 250 g/mol. The second-order valence-corrected chi connectivity index (χ2v) is 5.56. The lowest BCUT2D eigenvalue weighted by molar-refractivity contribution is -0.0153. The number of hydrogen-bond acceptors (Lipinski definition) is 3. The van der Waals surface area contributed by atoms with Crippen molar-refractivity contribution in [2.24, 2.45) is 0 Å². The molecule has 3 rings (SSSR count). The van der Waals surface area contributed by atoms with E-state index in [9.17, 15) is 0 Å². The molecule has 4 heteroatoms. The van der Waals surface area contributed by atoms with Crippen molar-refractivity contribution in [3.05, 3.63) is 29.3 Å². The Bertz CT molecular complexity index is 418. The van der Waals surface area contributed by atoms with Crippen LogP contribution in [0.2, 0.25) is 5.02 Å². The molecule has 3 nitrogen and oxygen atoms in total. The van der Waals surface area contributed by atoms with Crippen molar-refractivity contribution in [1.82, 2.24) is 5.32 Å². The molecule has 2 aliphatic heterocycles. The largest absolute Gasteiger partial charge is 0.486 e. The molecule has 98 valence electrons. The van der Waals surface area contributed by atoms with Gasteiger partial charge in [-0.2, -0.15) is 0 Å². The minimum Gasteiger partial charge on any atom is -0.486 e. The monoisotopic (exact) mass is 267 g/mol. The van der Waals surface area contributed by atoms with E-state index in [0.29, 0.717) is 11.6 Å². The Kier molecular flexibility index (Phi) is 3.46. The van der Waals surface area contributed by atoms with E-state index in [2.05, 4.69) is 5.32 Å². The molecule has 1 spiro atoms. The van der Waals surface area contributed by atoms with E-state index in [4.69, 9.17) is 21.1 Å². The summed E-state index contributed by atoms with van der Waals surface area (Å²) in [6.45, 7) is 2.70. The third kappa shape index (κ3) is 2.48. The van der Waals surface area contributed by atoms with Crippen molar-refractivity contribution < 1.29 is 9.47 Å². The molecule has 1 aromatic rings. The zero-order chi connectivity index (χ0) is 12.4. The summed E-state index contributed by atoms with van der Waals surface area (Å²) in [6, 6.07) is 7.61.